The van der Waals surface area contributed by atoms with Crippen molar-refractivity contribution in [2.75, 3.05) is 31.6 Å². The van der Waals surface area contributed by atoms with Gasteiger partial charge >= 0.3 is 0 Å². The topological polar surface area (TPSA) is 42.9 Å². The second-order valence-electron chi connectivity index (χ2n) is 5.13. The highest BCUT2D eigenvalue weighted by molar-refractivity contribution is 5.49. The second-order valence-corrected chi connectivity index (χ2v) is 5.13. The smallest absolute Gasteiger partial charge is 0.185 e. The molecule has 0 aromatic heterocycles. The zero-order chi connectivity index (χ0) is 13.7. The van der Waals surface area contributed by atoms with E-state index >= 15 is 0 Å². The lowest BCUT2D eigenvalue weighted by atomic mass is 10.0. The summed E-state index contributed by atoms with van der Waals surface area (Å²) < 4.78 is 25.6. The number of rotatable bonds is 5. The number of halogens is 2. The van der Waals surface area contributed by atoms with Gasteiger partial charge in [0.15, 0.2) is 11.5 Å². The maximum Gasteiger partial charge on any atom is 0.185 e. The van der Waals surface area contributed by atoms with Gasteiger partial charge in [-0.25, -0.2) is 4.39 Å². The number of likely N-dealkylation sites (tertiary alicyclic amines) is 1. The van der Waals surface area contributed by atoms with Crippen LogP contribution in [0.25, 0.3) is 0 Å². The molecule has 4 N–H and O–H groups in total. The number of nitrogens with zero attached hydrogens (tertiary/aromatic N) is 1. The molecule has 1 fully saturated rings. The van der Waals surface area contributed by atoms with Crippen LogP contribution in [0.3, 0.4) is 0 Å². The van der Waals surface area contributed by atoms with Crippen LogP contribution in [-0.2, 0) is 0 Å². The molecular formula is C14H22F2N3+. The van der Waals surface area contributed by atoms with Crippen LogP contribution in [0.2, 0.25) is 0 Å². The van der Waals surface area contributed by atoms with Crippen molar-refractivity contribution in [2.24, 2.45) is 0 Å². The summed E-state index contributed by atoms with van der Waals surface area (Å²) in [6.07, 6.45) is 2.76. The fourth-order valence-electron chi connectivity index (χ4n) is 2.53. The van der Waals surface area contributed by atoms with Gasteiger partial charge in [0, 0.05) is 37.0 Å². The average Bonchev–Trinajstić information content (AvgIpc) is 2.41. The molecule has 1 aliphatic rings. The Balaban J connectivity index is 1.89. The van der Waals surface area contributed by atoms with Gasteiger partial charge in [0.25, 0.3) is 0 Å². The van der Waals surface area contributed by atoms with E-state index in [1.165, 1.54) is 6.07 Å². The molecular weight excluding hydrogens is 248 g/mol. The van der Waals surface area contributed by atoms with E-state index in [0.717, 1.165) is 38.2 Å². The highest BCUT2D eigenvalue weighted by Gasteiger charge is 2.19. The number of piperidine rings is 1. The van der Waals surface area contributed by atoms with Gasteiger partial charge in [-0.1, -0.05) is 0 Å². The quantitative estimate of drug-likeness (QED) is 0.858. The van der Waals surface area contributed by atoms with E-state index in [4.69, 9.17) is 0 Å². The van der Waals surface area contributed by atoms with E-state index in [1.54, 1.807) is 6.07 Å². The molecule has 0 radical (unpaired) electrons. The summed E-state index contributed by atoms with van der Waals surface area (Å²) in [5.74, 6) is -0.282. The van der Waals surface area contributed by atoms with Crippen LogP contribution in [0, 0.1) is 5.82 Å². The number of hydrogen-bond donors (Lipinski definition) is 2. The third kappa shape index (κ3) is 4.14. The number of anilines is 1. The van der Waals surface area contributed by atoms with E-state index in [-0.39, 0.29) is 12.5 Å². The van der Waals surface area contributed by atoms with Gasteiger partial charge in [-0.15, -0.1) is 0 Å². The van der Waals surface area contributed by atoms with Crippen LogP contribution in [-0.4, -0.2) is 37.3 Å². The molecule has 106 valence electrons. The summed E-state index contributed by atoms with van der Waals surface area (Å²) in [5.41, 5.74) is 4.82. The minimum absolute atomic E-state index is 0.259. The van der Waals surface area contributed by atoms with Crippen molar-refractivity contribution in [1.29, 1.82) is 0 Å². The summed E-state index contributed by atoms with van der Waals surface area (Å²) in [6, 6.07) is 5.33. The molecule has 2 rings (SSSR count). The van der Waals surface area contributed by atoms with Gasteiger partial charge < -0.3 is 16.0 Å². The van der Waals surface area contributed by atoms with Crippen LogP contribution in [0.5, 0.6) is 0 Å². The molecule has 0 aliphatic carbocycles. The first-order chi connectivity index (χ1) is 9.19. The minimum atomic E-state index is -0.282. The first-order valence-electron chi connectivity index (χ1n) is 6.85. The Bertz CT molecular complexity index is 412. The zero-order valence-electron chi connectivity index (χ0n) is 11.2. The highest BCUT2D eigenvalue weighted by atomic mass is 19.1. The third-order valence-electron chi connectivity index (χ3n) is 3.54. The lowest BCUT2D eigenvalue weighted by molar-refractivity contribution is -0.258. The van der Waals surface area contributed by atoms with Gasteiger partial charge in [-0.3, -0.25) is 4.39 Å². The normalized spacial score (nSPS) is 20.5. The van der Waals surface area contributed by atoms with Crippen molar-refractivity contribution < 1.29 is 14.5 Å². The maximum absolute atomic E-state index is 13.4. The van der Waals surface area contributed by atoms with Gasteiger partial charge in [-0.05, 0) is 31.9 Å². The molecule has 5 heteroatoms. The van der Waals surface area contributed by atoms with E-state index in [0.29, 0.717) is 18.2 Å². The molecule has 1 heterocycles. The van der Waals surface area contributed by atoms with Crippen molar-refractivity contribution in [2.45, 2.75) is 25.3 Å². The van der Waals surface area contributed by atoms with E-state index in [1.807, 2.05) is 6.07 Å². The molecule has 1 aliphatic heterocycles. The van der Waals surface area contributed by atoms with Crippen molar-refractivity contribution in [3.05, 3.63) is 24.0 Å². The molecule has 3 nitrogen and oxygen atoms in total. The van der Waals surface area contributed by atoms with Crippen molar-refractivity contribution in [3.63, 3.8) is 0 Å². The minimum Gasteiger partial charge on any atom is -0.381 e. The monoisotopic (exact) mass is 270 g/mol. The Hall–Kier alpha value is -1.20. The number of hydrogen-bond acceptors (Lipinski definition) is 2. The van der Waals surface area contributed by atoms with Crippen molar-refractivity contribution in [3.8, 4) is 0 Å². The number of quaternary nitrogens is 1. The third-order valence-corrected chi connectivity index (χ3v) is 3.54. The molecule has 1 saturated heterocycles. The molecule has 1 unspecified atom stereocenters. The molecule has 0 saturated carbocycles. The predicted molar refractivity (Wildman–Crippen MR) is 72.6 cm³/mol. The number of benzene rings is 1. The van der Waals surface area contributed by atoms with Crippen LogP contribution < -0.4 is 11.1 Å². The van der Waals surface area contributed by atoms with Crippen molar-refractivity contribution >= 4 is 11.4 Å². The molecule has 1 aromatic rings. The van der Waals surface area contributed by atoms with E-state index < -0.39 is 0 Å². The first kappa shape index (κ1) is 14.2. The molecule has 1 atom stereocenters. The van der Waals surface area contributed by atoms with Crippen LogP contribution in [0.15, 0.2) is 18.2 Å². The fourth-order valence-corrected chi connectivity index (χ4v) is 2.53. The zero-order valence-corrected chi connectivity index (χ0v) is 11.2. The summed E-state index contributed by atoms with van der Waals surface area (Å²) >= 11 is 0. The van der Waals surface area contributed by atoms with E-state index in [9.17, 15) is 8.78 Å². The fraction of sp³-hybridized carbons (Fsp3) is 0.571. The van der Waals surface area contributed by atoms with Gasteiger partial charge in [-0.2, -0.15) is 0 Å². The maximum atomic E-state index is 13.4. The first-order valence-corrected chi connectivity index (χ1v) is 6.85. The Kier molecular flexibility index (Phi) is 5.10. The lowest BCUT2D eigenvalue weighted by Crippen LogP contribution is -2.43. The van der Waals surface area contributed by atoms with Gasteiger partial charge in [0.1, 0.15) is 0 Å². The molecule has 1 aromatic carbocycles. The average molecular weight is 270 g/mol. The molecule has 19 heavy (non-hydrogen) atoms. The van der Waals surface area contributed by atoms with Gasteiger partial charge in [0.05, 0.1) is 6.67 Å². The molecule has 0 bridgehead atoms. The van der Waals surface area contributed by atoms with Crippen LogP contribution in [0.4, 0.5) is 20.2 Å². The largest absolute Gasteiger partial charge is 0.381 e. The van der Waals surface area contributed by atoms with Crippen molar-refractivity contribution in [1.82, 2.24) is 4.90 Å². The highest BCUT2D eigenvalue weighted by Crippen LogP contribution is 2.19. The van der Waals surface area contributed by atoms with Gasteiger partial charge in [0.2, 0.25) is 0 Å². The summed E-state index contributed by atoms with van der Waals surface area (Å²) in [4.78, 5) is 2.27. The van der Waals surface area contributed by atoms with Crippen LogP contribution in [0.1, 0.15) is 19.3 Å². The summed E-state index contributed by atoms with van der Waals surface area (Å²) in [6.45, 7) is 2.48. The Morgan fingerprint density at radius 3 is 3.00 bits per heavy atom. The molecule has 0 spiro atoms. The van der Waals surface area contributed by atoms with E-state index in [2.05, 4.69) is 16.0 Å². The summed E-state index contributed by atoms with van der Waals surface area (Å²) in [7, 11) is 0. The SMILES string of the molecule is [NH3+]c1ccc(NC2CCCN(CCCF)C2)cc1F. The Morgan fingerprint density at radius 1 is 1.42 bits per heavy atom. The Morgan fingerprint density at radius 2 is 2.26 bits per heavy atom. The Labute approximate surface area is 112 Å². The molecule has 0 amide bonds. The second kappa shape index (κ2) is 6.82. The van der Waals surface area contributed by atoms with Crippen LogP contribution >= 0.6 is 0 Å². The lowest BCUT2D eigenvalue weighted by Gasteiger charge is -2.33. The number of alkyl halides is 1. The standard InChI is InChI=1S/C14H21F2N3/c15-6-2-8-19-7-1-3-12(10-19)18-11-4-5-14(17)13(16)9-11/h4-5,9,12,18H,1-3,6-8,10,17H2/p+1. The summed E-state index contributed by atoms with van der Waals surface area (Å²) in [5, 5.41) is 3.35. The predicted octanol–water partition coefficient (Wildman–Crippen LogP) is 1.93. The number of nitrogens with one attached hydrogen (secondary N) is 1.